The molecule has 0 atom stereocenters. The van der Waals surface area contributed by atoms with E-state index in [9.17, 15) is 0 Å². The molecule has 4 N–H and O–H groups in total. The van der Waals surface area contributed by atoms with Crippen molar-refractivity contribution in [1.29, 1.82) is 0 Å². The molecule has 0 bridgehead atoms. The van der Waals surface area contributed by atoms with E-state index in [1.165, 1.54) is 0 Å². The molecule has 164 valence electrons. The van der Waals surface area contributed by atoms with Gasteiger partial charge in [0.05, 0.1) is 5.56 Å². The van der Waals surface area contributed by atoms with E-state index in [0.29, 0.717) is 63.2 Å². The van der Waals surface area contributed by atoms with Crippen LogP contribution in [0.1, 0.15) is 12.8 Å². The average molecular weight is 460 g/mol. The number of nitrogen functional groups attached to an aromatic ring is 2. The normalized spacial score (nSPS) is 11.1. The van der Waals surface area contributed by atoms with Gasteiger partial charge in [-0.2, -0.15) is 0 Å². The van der Waals surface area contributed by atoms with Crippen molar-refractivity contribution in [2.24, 2.45) is 0 Å². The van der Waals surface area contributed by atoms with Crippen molar-refractivity contribution in [2.45, 2.75) is 13.3 Å². The summed E-state index contributed by atoms with van der Waals surface area (Å²) in [6, 6.07) is 20.1. The Kier molecular flexibility index (Phi) is 5.27. The first kappa shape index (κ1) is 20.7. The molecule has 5 aromatic rings. The maximum absolute atomic E-state index is 6.26. The molecule has 0 amide bonds. The summed E-state index contributed by atoms with van der Waals surface area (Å²) in [5.41, 5.74) is 16.3. The predicted molar refractivity (Wildman–Crippen MR) is 125 cm³/mol. The van der Waals surface area contributed by atoms with Crippen LogP contribution in [0.4, 0.5) is 11.4 Å². The minimum atomic E-state index is 0.342. The van der Waals surface area contributed by atoms with Crippen molar-refractivity contribution in [3.63, 3.8) is 0 Å². The van der Waals surface area contributed by atoms with E-state index in [-0.39, 0.29) is 0 Å². The highest BCUT2D eigenvalue weighted by Crippen LogP contribution is 2.30. The van der Waals surface area contributed by atoms with Crippen molar-refractivity contribution < 1.29 is 13.5 Å². The standard InChI is InChI=1S/C24H19ClN6O2/c1-2-21-28-29-23(32-21)18-13-16(11-12-20(18)27)31-24(17-5-3-4-6-19(17)26)33-22(30-31)14-7-9-15(25)10-8-14/h3-13,26H,2H2,1H3,(H2,27,29)/p+1. The Bertz CT molecular complexity index is 1440. The lowest BCUT2D eigenvalue weighted by molar-refractivity contribution is -0.647. The largest absolute Gasteiger partial charge is 0.421 e. The highest BCUT2D eigenvalue weighted by Gasteiger charge is 2.29. The third-order valence-corrected chi connectivity index (χ3v) is 5.39. The Balaban J connectivity index is 1.69. The number of para-hydroxylation sites is 1. The Morgan fingerprint density at radius 3 is 2.33 bits per heavy atom. The zero-order valence-corrected chi connectivity index (χ0v) is 18.5. The van der Waals surface area contributed by atoms with Crippen molar-refractivity contribution in [1.82, 2.24) is 15.3 Å². The first-order chi connectivity index (χ1) is 16.0. The van der Waals surface area contributed by atoms with Crippen LogP contribution in [0.15, 0.2) is 75.6 Å². The quantitative estimate of drug-likeness (QED) is 0.288. The first-order valence-corrected chi connectivity index (χ1v) is 10.7. The molecule has 33 heavy (non-hydrogen) atoms. The monoisotopic (exact) mass is 459 g/mol. The molecule has 0 aliphatic heterocycles. The summed E-state index contributed by atoms with van der Waals surface area (Å²) in [6.07, 6.45) is 0.631. The summed E-state index contributed by atoms with van der Waals surface area (Å²) >= 11 is 6.05. The highest BCUT2D eigenvalue weighted by molar-refractivity contribution is 6.30. The number of rotatable bonds is 5. The fourth-order valence-electron chi connectivity index (χ4n) is 3.40. The Hall–Kier alpha value is -4.17. The van der Waals surface area contributed by atoms with Crippen molar-refractivity contribution >= 4 is 23.0 Å². The second-order valence-corrected chi connectivity index (χ2v) is 7.78. The van der Waals surface area contributed by atoms with Gasteiger partial charge < -0.3 is 20.3 Å². The van der Waals surface area contributed by atoms with Crippen LogP contribution in [-0.4, -0.2) is 15.3 Å². The van der Waals surface area contributed by atoms with Gasteiger partial charge >= 0.3 is 5.89 Å². The van der Waals surface area contributed by atoms with Crippen molar-refractivity contribution in [3.8, 4) is 40.0 Å². The molecule has 0 saturated heterocycles. The number of aromatic nitrogens is 4. The van der Waals surface area contributed by atoms with Gasteiger partial charge in [-0.15, -0.1) is 10.2 Å². The molecule has 0 saturated carbocycles. The van der Waals surface area contributed by atoms with Gasteiger partial charge in [-0.05, 0) is 47.1 Å². The molecular formula is C24H20ClN6O2+. The number of hydrogen-bond donors (Lipinski definition) is 2. The third-order valence-electron chi connectivity index (χ3n) is 5.14. The lowest BCUT2D eigenvalue weighted by atomic mass is 10.1. The molecule has 0 radical (unpaired) electrons. The van der Waals surface area contributed by atoms with Gasteiger partial charge in [0, 0.05) is 45.6 Å². The minimum Gasteiger partial charge on any atom is -0.421 e. The number of nitrogens with two attached hydrogens (primary N) is 2. The van der Waals surface area contributed by atoms with Crippen LogP contribution in [0.25, 0.3) is 40.0 Å². The molecular weight excluding hydrogens is 440 g/mol. The summed E-state index contributed by atoms with van der Waals surface area (Å²) in [7, 11) is 0. The van der Waals surface area contributed by atoms with E-state index >= 15 is 0 Å². The smallest absolute Gasteiger partial charge is 0.416 e. The summed E-state index contributed by atoms with van der Waals surface area (Å²) in [6.45, 7) is 1.94. The molecule has 0 aliphatic rings. The van der Waals surface area contributed by atoms with Gasteiger partial charge in [-0.25, -0.2) is 0 Å². The summed E-state index contributed by atoms with van der Waals surface area (Å²) in [4.78, 5) is 0. The minimum absolute atomic E-state index is 0.342. The topological polar surface area (TPSA) is 121 Å². The maximum atomic E-state index is 6.26. The lowest BCUT2D eigenvalue weighted by Gasteiger charge is -2.02. The van der Waals surface area contributed by atoms with Crippen LogP contribution in [-0.2, 0) is 6.42 Å². The van der Waals surface area contributed by atoms with E-state index < -0.39 is 0 Å². The molecule has 9 heteroatoms. The average Bonchev–Trinajstić information content (AvgIpc) is 3.48. The molecule has 8 nitrogen and oxygen atoms in total. The molecule has 2 aromatic heterocycles. The number of nitrogens with zero attached hydrogens (tertiary/aromatic N) is 4. The van der Waals surface area contributed by atoms with Gasteiger partial charge in [-0.1, -0.05) is 30.7 Å². The Morgan fingerprint density at radius 2 is 1.61 bits per heavy atom. The number of aryl methyl sites for hydroxylation is 1. The van der Waals surface area contributed by atoms with Gasteiger partial charge in [0.15, 0.2) is 0 Å². The number of hydrogen-bond acceptors (Lipinski definition) is 7. The zero-order valence-electron chi connectivity index (χ0n) is 17.7. The second kappa shape index (κ2) is 8.40. The van der Waals surface area contributed by atoms with E-state index in [4.69, 9.17) is 37.0 Å². The van der Waals surface area contributed by atoms with Crippen LogP contribution >= 0.6 is 11.6 Å². The van der Waals surface area contributed by atoms with E-state index in [1.54, 1.807) is 22.9 Å². The Labute approximate surface area is 194 Å². The zero-order chi connectivity index (χ0) is 22.9. The fourth-order valence-corrected chi connectivity index (χ4v) is 3.53. The summed E-state index contributed by atoms with van der Waals surface area (Å²) < 4.78 is 13.6. The van der Waals surface area contributed by atoms with Crippen LogP contribution in [0.5, 0.6) is 0 Å². The van der Waals surface area contributed by atoms with Crippen LogP contribution in [0, 0.1) is 0 Å². The van der Waals surface area contributed by atoms with Crippen molar-refractivity contribution in [2.75, 3.05) is 11.5 Å². The number of halogens is 1. The van der Waals surface area contributed by atoms with E-state index in [2.05, 4.69) is 10.2 Å². The molecule has 3 aromatic carbocycles. The van der Waals surface area contributed by atoms with Crippen LogP contribution in [0.3, 0.4) is 0 Å². The fraction of sp³-hybridized carbons (Fsp3) is 0.0833. The van der Waals surface area contributed by atoms with Crippen LogP contribution < -0.4 is 16.1 Å². The summed E-state index contributed by atoms with van der Waals surface area (Å²) in [5, 5.41) is 13.5. The first-order valence-electron chi connectivity index (χ1n) is 10.3. The molecule has 0 aliphatic carbocycles. The predicted octanol–water partition coefficient (Wildman–Crippen LogP) is 4.72. The van der Waals surface area contributed by atoms with Crippen molar-refractivity contribution in [3.05, 3.63) is 77.6 Å². The van der Waals surface area contributed by atoms with E-state index in [1.807, 2.05) is 55.5 Å². The number of anilines is 2. The van der Waals surface area contributed by atoms with E-state index in [0.717, 1.165) is 5.56 Å². The molecule has 0 spiro atoms. The van der Waals surface area contributed by atoms with Gasteiger partial charge in [0.2, 0.25) is 17.5 Å². The Morgan fingerprint density at radius 1 is 0.848 bits per heavy atom. The lowest BCUT2D eigenvalue weighted by Crippen LogP contribution is -2.35. The molecule has 0 unspecified atom stereocenters. The second-order valence-electron chi connectivity index (χ2n) is 7.34. The third kappa shape index (κ3) is 3.92. The van der Waals surface area contributed by atoms with Gasteiger partial charge in [-0.3, -0.25) is 0 Å². The maximum Gasteiger partial charge on any atom is 0.416 e. The van der Waals surface area contributed by atoms with Gasteiger partial charge in [0.1, 0.15) is 5.56 Å². The summed E-state index contributed by atoms with van der Waals surface area (Å²) in [5.74, 6) is 1.75. The number of benzene rings is 3. The SMILES string of the molecule is CCc1nnc(-c2cc(-[n+]3nc(-c4ccc(Cl)cc4)oc3-c3ccccc3N)ccc2N)o1. The molecule has 2 heterocycles. The highest BCUT2D eigenvalue weighted by atomic mass is 35.5. The van der Waals surface area contributed by atoms with Gasteiger partial charge in [0.25, 0.3) is 5.89 Å². The molecule has 0 fully saturated rings. The molecule has 5 rings (SSSR count). The van der Waals surface area contributed by atoms with Crippen LogP contribution in [0.2, 0.25) is 5.02 Å².